The first-order valence-corrected chi connectivity index (χ1v) is 7.71. The maximum absolute atomic E-state index is 13.8. The van der Waals surface area contributed by atoms with Crippen LogP contribution >= 0.6 is 11.6 Å². The van der Waals surface area contributed by atoms with Gasteiger partial charge in [-0.05, 0) is 23.8 Å². The summed E-state index contributed by atoms with van der Waals surface area (Å²) >= 11 is 6.01. The summed E-state index contributed by atoms with van der Waals surface area (Å²) in [5, 5.41) is 0.470. The number of halogens is 3. The SMILES string of the molecule is Fc1ccc(COc2ncc(F)c(NNC3=C(Cl)C=C=CC3)n2)cc1. The van der Waals surface area contributed by atoms with Crippen LogP contribution in [0.4, 0.5) is 14.6 Å². The number of anilines is 1. The van der Waals surface area contributed by atoms with Crippen molar-refractivity contribution in [2.75, 3.05) is 5.43 Å². The van der Waals surface area contributed by atoms with Gasteiger partial charge in [0, 0.05) is 12.5 Å². The Morgan fingerprint density at radius 1 is 1.20 bits per heavy atom. The van der Waals surface area contributed by atoms with E-state index in [1.807, 2.05) is 0 Å². The van der Waals surface area contributed by atoms with Gasteiger partial charge < -0.3 is 10.2 Å². The molecule has 1 aromatic carbocycles. The summed E-state index contributed by atoms with van der Waals surface area (Å²) in [5.41, 5.74) is 9.71. The first kappa shape index (κ1) is 17.0. The quantitative estimate of drug-likeness (QED) is 0.604. The molecule has 5 nitrogen and oxygen atoms in total. The molecule has 25 heavy (non-hydrogen) atoms. The Morgan fingerprint density at radius 3 is 2.76 bits per heavy atom. The fraction of sp³-hybridized carbons (Fsp3) is 0.118. The monoisotopic (exact) mass is 362 g/mol. The van der Waals surface area contributed by atoms with Crippen LogP contribution in [0, 0.1) is 11.6 Å². The minimum Gasteiger partial charge on any atom is -0.459 e. The van der Waals surface area contributed by atoms with Crippen LogP contribution in [0.25, 0.3) is 0 Å². The van der Waals surface area contributed by atoms with Crippen LogP contribution in [0.15, 0.2) is 59.1 Å². The molecule has 2 N–H and O–H groups in total. The summed E-state index contributed by atoms with van der Waals surface area (Å²) < 4.78 is 32.1. The summed E-state index contributed by atoms with van der Waals surface area (Å²) in [6.07, 6.45) is 4.91. The predicted octanol–water partition coefficient (Wildman–Crippen LogP) is 3.82. The molecule has 0 spiro atoms. The van der Waals surface area contributed by atoms with Gasteiger partial charge in [0.15, 0.2) is 11.6 Å². The number of benzene rings is 1. The number of rotatable bonds is 6. The number of hydrazine groups is 1. The van der Waals surface area contributed by atoms with Crippen LogP contribution in [0.3, 0.4) is 0 Å². The molecule has 1 aromatic heterocycles. The highest BCUT2D eigenvalue weighted by molar-refractivity contribution is 6.31. The lowest BCUT2D eigenvalue weighted by Crippen LogP contribution is -2.23. The largest absolute Gasteiger partial charge is 0.459 e. The standard InChI is InChI=1S/C17H13ClF2N4O/c18-13-3-1-2-4-15(13)23-24-16-14(20)9-21-17(22-16)25-10-11-5-7-12(19)8-6-11/h2-3,5-9,23H,4,10H2,(H,21,22,24). The molecular formula is C17H13ClF2N4O. The summed E-state index contributed by atoms with van der Waals surface area (Å²) in [5.74, 6) is -1.07. The average Bonchev–Trinajstić information content (AvgIpc) is 2.62. The highest BCUT2D eigenvalue weighted by Gasteiger charge is 2.10. The summed E-state index contributed by atoms with van der Waals surface area (Å²) in [6.45, 7) is 0.130. The molecule has 0 atom stereocenters. The molecule has 128 valence electrons. The van der Waals surface area contributed by atoms with Crippen molar-refractivity contribution in [1.29, 1.82) is 0 Å². The van der Waals surface area contributed by atoms with Gasteiger partial charge in [-0.3, -0.25) is 5.43 Å². The molecule has 0 radical (unpaired) electrons. The number of hydrogen-bond acceptors (Lipinski definition) is 5. The fourth-order valence-corrected chi connectivity index (χ4v) is 2.15. The average molecular weight is 363 g/mol. The molecule has 0 aliphatic heterocycles. The van der Waals surface area contributed by atoms with Crippen LogP contribution in [0.2, 0.25) is 0 Å². The van der Waals surface area contributed by atoms with E-state index in [1.165, 1.54) is 12.1 Å². The van der Waals surface area contributed by atoms with Gasteiger partial charge in [0.1, 0.15) is 12.4 Å². The maximum atomic E-state index is 13.8. The highest BCUT2D eigenvalue weighted by atomic mass is 35.5. The number of allylic oxidation sites excluding steroid dienone is 2. The van der Waals surface area contributed by atoms with Crippen molar-refractivity contribution in [3.05, 3.63) is 76.3 Å². The second-order valence-electron chi connectivity index (χ2n) is 5.06. The number of nitrogens with zero attached hydrogens (tertiary/aromatic N) is 2. The van der Waals surface area contributed by atoms with Crippen molar-refractivity contribution in [2.45, 2.75) is 13.0 Å². The summed E-state index contributed by atoms with van der Waals surface area (Å²) in [4.78, 5) is 7.73. The zero-order chi connectivity index (χ0) is 17.6. The van der Waals surface area contributed by atoms with Crippen molar-refractivity contribution in [3.8, 4) is 6.01 Å². The topological polar surface area (TPSA) is 59.1 Å². The lowest BCUT2D eigenvalue weighted by molar-refractivity contribution is 0.279. The first-order valence-electron chi connectivity index (χ1n) is 7.33. The molecule has 2 aromatic rings. The normalized spacial score (nSPS) is 13.1. The Bertz CT molecular complexity index is 861. The number of ether oxygens (including phenoxy) is 1. The van der Waals surface area contributed by atoms with E-state index in [0.717, 1.165) is 11.8 Å². The third-order valence-electron chi connectivity index (χ3n) is 3.26. The van der Waals surface area contributed by atoms with Crippen LogP contribution in [-0.4, -0.2) is 9.97 Å². The van der Waals surface area contributed by atoms with Crippen LogP contribution in [-0.2, 0) is 6.61 Å². The number of aromatic nitrogens is 2. The summed E-state index contributed by atoms with van der Waals surface area (Å²) in [7, 11) is 0. The van der Waals surface area contributed by atoms with E-state index in [9.17, 15) is 8.78 Å². The van der Waals surface area contributed by atoms with Crippen LogP contribution < -0.4 is 15.6 Å². The summed E-state index contributed by atoms with van der Waals surface area (Å²) in [6, 6.07) is 5.80. The second kappa shape index (κ2) is 7.79. The fourth-order valence-electron chi connectivity index (χ4n) is 1.96. The Balaban J connectivity index is 1.64. The maximum Gasteiger partial charge on any atom is 0.318 e. The molecule has 0 fully saturated rings. The van der Waals surface area contributed by atoms with E-state index in [4.69, 9.17) is 16.3 Å². The Morgan fingerprint density at radius 2 is 2.00 bits per heavy atom. The Kier molecular flexibility index (Phi) is 5.28. The Labute approximate surface area is 147 Å². The van der Waals surface area contributed by atoms with Gasteiger partial charge in [-0.2, -0.15) is 4.98 Å². The molecule has 0 saturated carbocycles. The molecule has 0 saturated heterocycles. The van der Waals surface area contributed by atoms with Gasteiger partial charge in [0.05, 0.1) is 16.9 Å². The highest BCUT2D eigenvalue weighted by Crippen LogP contribution is 2.18. The molecule has 0 bridgehead atoms. The first-order chi connectivity index (χ1) is 12.1. The second-order valence-corrected chi connectivity index (χ2v) is 5.47. The molecule has 8 heteroatoms. The van der Waals surface area contributed by atoms with Gasteiger partial charge in [0.2, 0.25) is 0 Å². The van der Waals surface area contributed by atoms with Gasteiger partial charge in [0.25, 0.3) is 0 Å². The number of nitrogens with one attached hydrogen (secondary N) is 2. The zero-order valence-electron chi connectivity index (χ0n) is 12.9. The minimum absolute atomic E-state index is 0.0152. The molecule has 0 unspecified atom stereocenters. The van der Waals surface area contributed by atoms with Crippen LogP contribution in [0.1, 0.15) is 12.0 Å². The lowest BCUT2D eigenvalue weighted by atomic mass is 10.2. The third kappa shape index (κ3) is 4.56. The van der Waals surface area contributed by atoms with Crippen molar-refractivity contribution in [2.24, 2.45) is 0 Å². The van der Waals surface area contributed by atoms with Crippen molar-refractivity contribution in [3.63, 3.8) is 0 Å². The predicted molar refractivity (Wildman–Crippen MR) is 89.6 cm³/mol. The lowest BCUT2D eigenvalue weighted by Gasteiger charge is -2.14. The van der Waals surface area contributed by atoms with Gasteiger partial charge in [-0.1, -0.05) is 23.7 Å². The molecule has 0 amide bonds. The number of hydrogen-bond donors (Lipinski definition) is 2. The third-order valence-corrected chi connectivity index (χ3v) is 3.59. The van der Waals surface area contributed by atoms with Crippen molar-refractivity contribution < 1.29 is 13.5 Å². The van der Waals surface area contributed by atoms with E-state index in [-0.39, 0.29) is 24.3 Å². The van der Waals surface area contributed by atoms with E-state index < -0.39 is 5.82 Å². The van der Waals surface area contributed by atoms with Crippen molar-refractivity contribution in [1.82, 2.24) is 15.4 Å². The van der Waals surface area contributed by atoms with E-state index in [1.54, 1.807) is 24.3 Å². The molecular weight excluding hydrogens is 350 g/mol. The Hall–Kier alpha value is -2.89. The van der Waals surface area contributed by atoms with E-state index >= 15 is 0 Å². The molecule has 1 aliphatic rings. The van der Waals surface area contributed by atoms with Crippen molar-refractivity contribution >= 4 is 17.4 Å². The zero-order valence-corrected chi connectivity index (χ0v) is 13.6. The van der Waals surface area contributed by atoms with Gasteiger partial charge >= 0.3 is 6.01 Å². The molecule has 1 heterocycles. The van der Waals surface area contributed by atoms with E-state index in [2.05, 4.69) is 26.6 Å². The van der Waals surface area contributed by atoms with E-state index in [0.29, 0.717) is 17.2 Å². The molecule has 3 rings (SSSR count). The van der Waals surface area contributed by atoms with Gasteiger partial charge in [-0.25, -0.2) is 13.8 Å². The minimum atomic E-state index is -0.653. The molecule has 1 aliphatic carbocycles. The van der Waals surface area contributed by atoms with Crippen LogP contribution in [0.5, 0.6) is 6.01 Å². The van der Waals surface area contributed by atoms with Gasteiger partial charge in [-0.15, -0.1) is 5.73 Å². The smallest absolute Gasteiger partial charge is 0.318 e.